The smallest absolute Gasteiger partial charge is 0.280 e. The van der Waals surface area contributed by atoms with Gasteiger partial charge in [-0.1, -0.05) is 0 Å². The fourth-order valence-electron chi connectivity index (χ4n) is 0.832. The lowest BCUT2D eigenvalue weighted by molar-refractivity contribution is -0.111. The number of nitrogens with one attached hydrogen (secondary N) is 2. The molecule has 1 aromatic rings. The van der Waals surface area contributed by atoms with E-state index in [9.17, 15) is 4.79 Å². The topological polar surface area (TPSA) is 168 Å². The molecule has 9 heteroatoms. The largest absolute Gasteiger partial charge is 0.364 e. The van der Waals surface area contributed by atoms with Crippen molar-refractivity contribution in [3.8, 4) is 18.2 Å². The number of carbonyl (C=O) groups is 1. The van der Waals surface area contributed by atoms with Crippen LogP contribution in [0.5, 0.6) is 0 Å². The van der Waals surface area contributed by atoms with Gasteiger partial charge in [0, 0.05) is 0 Å². The van der Waals surface area contributed by atoms with Crippen LogP contribution >= 0.6 is 0 Å². The number of primary amides is 1. The fourth-order valence-corrected chi connectivity index (χ4v) is 0.832. The van der Waals surface area contributed by atoms with Gasteiger partial charge in [-0.15, -0.1) is 0 Å². The highest BCUT2D eigenvalue weighted by atomic mass is 16.1. The number of anilines is 1. The number of aromatic amines is 1. The molecule has 0 aliphatic rings. The van der Waals surface area contributed by atoms with Crippen molar-refractivity contribution in [2.75, 3.05) is 5.43 Å². The molecule has 0 spiro atoms. The average Bonchev–Trinajstić information content (AvgIpc) is 2.71. The van der Waals surface area contributed by atoms with E-state index >= 15 is 0 Å². The maximum Gasteiger partial charge on any atom is 0.280 e. The third kappa shape index (κ3) is 2.55. The zero-order valence-corrected chi connectivity index (χ0v) is 8.22. The molecule has 0 aliphatic heterocycles. The summed E-state index contributed by atoms with van der Waals surface area (Å²) in [5.74, 6) is -1.06. The van der Waals surface area contributed by atoms with Crippen LogP contribution in [-0.4, -0.2) is 21.6 Å². The van der Waals surface area contributed by atoms with E-state index < -0.39 is 11.6 Å². The van der Waals surface area contributed by atoms with Gasteiger partial charge in [-0.3, -0.25) is 4.79 Å². The number of H-pyrrole nitrogens is 1. The number of aromatic nitrogens is 2. The number of imidazole rings is 1. The summed E-state index contributed by atoms with van der Waals surface area (Å²) in [6.45, 7) is 0. The highest BCUT2D eigenvalue weighted by Crippen LogP contribution is 2.07. The number of hydrogen-bond acceptors (Lipinski definition) is 7. The number of hydrazone groups is 1. The van der Waals surface area contributed by atoms with Crippen molar-refractivity contribution in [1.82, 2.24) is 9.97 Å². The second-order valence-corrected chi connectivity index (χ2v) is 2.58. The second kappa shape index (κ2) is 4.91. The van der Waals surface area contributed by atoms with Gasteiger partial charge in [0.15, 0.2) is 11.4 Å². The number of hydrogen-bond donors (Lipinski definition) is 3. The molecule has 0 unspecified atom stereocenters. The van der Waals surface area contributed by atoms with Crippen LogP contribution in [0.15, 0.2) is 5.10 Å². The highest BCUT2D eigenvalue weighted by molar-refractivity contribution is 6.44. The van der Waals surface area contributed by atoms with Crippen molar-refractivity contribution in [2.24, 2.45) is 10.8 Å². The van der Waals surface area contributed by atoms with Crippen LogP contribution in [0.3, 0.4) is 0 Å². The minimum atomic E-state index is -1.01. The molecule has 0 bridgehead atoms. The summed E-state index contributed by atoms with van der Waals surface area (Å²) >= 11 is 0. The Kier molecular flexibility index (Phi) is 3.38. The molecule has 0 saturated carbocycles. The molecule has 1 heterocycles. The van der Waals surface area contributed by atoms with Crippen LogP contribution < -0.4 is 11.2 Å². The fraction of sp³-hybridized carbons (Fsp3) is 0. The Balaban J connectivity index is 2.96. The quantitative estimate of drug-likeness (QED) is 0.439. The Labute approximate surface area is 94.8 Å². The zero-order valence-electron chi connectivity index (χ0n) is 8.22. The van der Waals surface area contributed by atoms with Crippen LogP contribution in [0.4, 0.5) is 5.95 Å². The normalized spacial score (nSPS) is 9.82. The van der Waals surface area contributed by atoms with Crippen molar-refractivity contribution in [3.05, 3.63) is 11.4 Å². The molecule has 0 aromatic carbocycles. The Hall–Kier alpha value is -3.38. The number of carbonyl (C=O) groups excluding carboxylic acids is 1. The Morgan fingerprint density at radius 3 is 2.53 bits per heavy atom. The first kappa shape index (κ1) is 11.7. The van der Waals surface area contributed by atoms with Crippen LogP contribution in [0.25, 0.3) is 0 Å². The molecular formula is C8H4N8O. The molecule has 0 atom stereocenters. The SMILES string of the molecule is N#CC(=NNc1nc(C#N)c(C#N)[nH]1)C(N)=O. The van der Waals surface area contributed by atoms with Gasteiger partial charge in [-0.05, 0) is 0 Å². The molecule has 1 rings (SSSR count). The standard InChI is InChI=1S/C8H4N8O/c9-1-4-5(2-10)14-8(13-4)16-15-6(3-11)7(12)17/h(H2,12,17)(H2,13,14,16). The lowest BCUT2D eigenvalue weighted by Crippen LogP contribution is -2.22. The van der Waals surface area contributed by atoms with E-state index in [-0.39, 0.29) is 17.3 Å². The second-order valence-electron chi connectivity index (χ2n) is 2.58. The van der Waals surface area contributed by atoms with Crippen LogP contribution in [-0.2, 0) is 4.79 Å². The van der Waals surface area contributed by atoms with E-state index in [1.807, 2.05) is 0 Å². The number of nitrogens with zero attached hydrogens (tertiary/aromatic N) is 5. The molecule has 4 N–H and O–H groups in total. The predicted molar refractivity (Wildman–Crippen MR) is 53.9 cm³/mol. The minimum absolute atomic E-state index is 0.0490. The van der Waals surface area contributed by atoms with E-state index in [0.29, 0.717) is 0 Å². The molecule has 0 fully saturated rings. The molecule has 82 valence electrons. The van der Waals surface area contributed by atoms with E-state index in [1.54, 1.807) is 12.1 Å². The summed E-state index contributed by atoms with van der Waals surface area (Å²) in [7, 11) is 0. The number of amides is 1. The summed E-state index contributed by atoms with van der Waals surface area (Å²) in [6, 6.07) is 4.85. The molecule has 9 nitrogen and oxygen atoms in total. The zero-order chi connectivity index (χ0) is 12.8. The number of nitrogens with two attached hydrogens (primary N) is 1. The highest BCUT2D eigenvalue weighted by Gasteiger charge is 2.10. The molecule has 0 saturated heterocycles. The molecular weight excluding hydrogens is 224 g/mol. The van der Waals surface area contributed by atoms with E-state index in [0.717, 1.165) is 0 Å². The number of nitriles is 3. The predicted octanol–water partition coefficient (Wildman–Crippen LogP) is -1.07. The van der Waals surface area contributed by atoms with Crippen molar-refractivity contribution >= 4 is 17.6 Å². The summed E-state index contributed by atoms with van der Waals surface area (Å²) in [5, 5.41) is 29.0. The lowest BCUT2D eigenvalue weighted by Gasteiger charge is -1.93. The summed E-state index contributed by atoms with van der Waals surface area (Å²) < 4.78 is 0. The van der Waals surface area contributed by atoms with Gasteiger partial charge in [0.1, 0.15) is 18.2 Å². The van der Waals surface area contributed by atoms with Gasteiger partial charge >= 0.3 is 0 Å². The number of rotatable bonds is 3. The Bertz CT molecular complexity index is 573. The Morgan fingerprint density at radius 1 is 1.41 bits per heavy atom. The van der Waals surface area contributed by atoms with Gasteiger partial charge in [0.25, 0.3) is 5.91 Å². The van der Waals surface area contributed by atoms with Crippen molar-refractivity contribution in [1.29, 1.82) is 15.8 Å². The van der Waals surface area contributed by atoms with Gasteiger partial charge in [-0.2, -0.15) is 25.9 Å². The van der Waals surface area contributed by atoms with Gasteiger partial charge in [0.05, 0.1) is 0 Å². The van der Waals surface area contributed by atoms with Crippen LogP contribution in [0.1, 0.15) is 11.4 Å². The van der Waals surface area contributed by atoms with Crippen molar-refractivity contribution in [3.63, 3.8) is 0 Å². The third-order valence-corrected chi connectivity index (χ3v) is 1.53. The van der Waals surface area contributed by atoms with Crippen molar-refractivity contribution < 1.29 is 4.79 Å². The van der Waals surface area contributed by atoms with E-state index in [4.69, 9.17) is 21.5 Å². The summed E-state index contributed by atoms with van der Waals surface area (Å²) in [6.07, 6.45) is 0. The maximum absolute atomic E-state index is 10.6. The lowest BCUT2D eigenvalue weighted by atomic mass is 10.4. The first-order chi connectivity index (χ1) is 8.12. The summed E-state index contributed by atoms with van der Waals surface area (Å²) in [4.78, 5) is 16.7. The summed E-state index contributed by atoms with van der Waals surface area (Å²) in [5.41, 5.74) is 6.30. The first-order valence-electron chi connectivity index (χ1n) is 4.06. The molecule has 1 amide bonds. The van der Waals surface area contributed by atoms with Gasteiger partial charge in [-0.25, -0.2) is 5.43 Å². The molecule has 17 heavy (non-hydrogen) atoms. The van der Waals surface area contributed by atoms with Crippen molar-refractivity contribution in [2.45, 2.75) is 0 Å². The third-order valence-electron chi connectivity index (χ3n) is 1.53. The van der Waals surface area contributed by atoms with Gasteiger partial charge < -0.3 is 10.7 Å². The van der Waals surface area contributed by atoms with Gasteiger partial charge in [0.2, 0.25) is 11.7 Å². The van der Waals surface area contributed by atoms with Crippen LogP contribution in [0.2, 0.25) is 0 Å². The Morgan fingerprint density at radius 2 is 2.12 bits per heavy atom. The molecule has 0 radical (unpaired) electrons. The van der Waals surface area contributed by atoms with E-state index in [1.165, 1.54) is 6.07 Å². The molecule has 0 aliphatic carbocycles. The average molecular weight is 228 g/mol. The van der Waals surface area contributed by atoms with Crippen LogP contribution in [0, 0.1) is 34.0 Å². The first-order valence-corrected chi connectivity index (χ1v) is 4.06. The maximum atomic E-state index is 10.6. The monoisotopic (exact) mass is 228 g/mol. The minimum Gasteiger partial charge on any atom is -0.364 e. The van der Waals surface area contributed by atoms with E-state index in [2.05, 4.69) is 20.5 Å². The molecule has 1 aromatic heterocycles.